The molecule has 0 bridgehead atoms. The van der Waals surface area contributed by atoms with Gasteiger partial charge in [0.15, 0.2) is 23.1 Å². The number of aromatic nitrogens is 3. The average molecular weight is 530 g/mol. The summed E-state index contributed by atoms with van der Waals surface area (Å²) in [5, 5.41) is 11.2. The maximum Gasteiger partial charge on any atom is 0.300 e. The number of para-hydroxylation sites is 2. The number of hydrogen-bond acceptors (Lipinski definition) is 10. The number of benzene rings is 1. The van der Waals surface area contributed by atoms with E-state index in [2.05, 4.69) is 24.4 Å². The first-order chi connectivity index (χ1) is 17.5. The molecule has 0 saturated heterocycles. The fourth-order valence-electron chi connectivity index (χ4n) is 3.02. The van der Waals surface area contributed by atoms with Crippen LogP contribution in [0.2, 0.25) is 0 Å². The van der Waals surface area contributed by atoms with Gasteiger partial charge in [0.25, 0.3) is 5.88 Å². The highest BCUT2D eigenvalue weighted by Gasteiger charge is 2.24. The molecular weight excluding hydrogens is 506 g/mol. The largest absolute Gasteiger partial charge is 0.493 e. The molecule has 0 fully saturated rings. The molecule has 3 N–H and O–H groups in total. The van der Waals surface area contributed by atoms with Gasteiger partial charge in [-0.1, -0.05) is 18.2 Å². The number of rotatable bonds is 12. The van der Waals surface area contributed by atoms with Gasteiger partial charge in [0.1, 0.15) is 6.61 Å². The molecule has 0 aliphatic heterocycles. The molecule has 0 saturated carbocycles. The van der Waals surface area contributed by atoms with Crippen LogP contribution in [0.3, 0.4) is 0 Å². The van der Waals surface area contributed by atoms with Gasteiger partial charge in [-0.25, -0.2) is 4.98 Å². The van der Waals surface area contributed by atoms with E-state index >= 15 is 0 Å². The van der Waals surface area contributed by atoms with Crippen molar-refractivity contribution in [3.63, 3.8) is 0 Å². The number of thiophene rings is 1. The molecule has 0 spiro atoms. The van der Waals surface area contributed by atoms with Gasteiger partial charge in [-0.05, 0) is 35.7 Å². The van der Waals surface area contributed by atoms with E-state index in [0.29, 0.717) is 11.3 Å². The van der Waals surface area contributed by atoms with Crippen molar-refractivity contribution in [3.8, 4) is 34.5 Å². The first-order valence-corrected chi connectivity index (χ1v) is 13.0. The van der Waals surface area contributed by atoms with Crippen molar-refractivity contribution in [1.82, 2.24) is 19.7 Å². The van der Waals surface area contributed by atoms with E-state index in [1.54, 1.807) is 48.8 Å². The molecule has 0 unspecified atom stereocenters. The molecule has 0 amide bonds. The number of ether oxygens (including phenoxy) is 3. The zero-order chi connectivity index (χ0) is 25.4. The molecule has 1 aromatic carbocycles. The van der Waals surface area contributed by atoms with Crippen LogP contribution >= 0.6 is 11.3 Å². The van der Waals surface area contributed by atoms with Crippen LogP contribution in [0.5, 0.6) is 23.1 Å². The van der Waals surface area contributed by atoms with Crippen molar-refractivity contribution >= 4 is 27.4 Å². The van der Waals surface area contributed by atoms with Crippen molar-refractivity contribution in [1.29, 1.82) is 0 Å². The van der Waals surface area contributed by atoms with Crippen molar-refractivity contribution < 1.29 is 27.7 Å². The number of hydrogen-bond donors (Lipinski definition) is 3. The zero-order valence-electron chi connectivity index (χ0n) is 19.1. The number of pyridine rings is 1. The predicted molar refractivity (Wildman–Crippen MR) is 135 cm³/mol. The lowest BCUT2D eigenvalue weighted by molar-refractivity contribution is 0.192. The minimum Gasteiger partial charge on any atom is -0.493 e. The summed E-state index contributed by atoms with van der Waals surface area (Å²) in [6.07, 6.45) is 3.11. The Morgan fingerprint density at radius 3 is 2.50 bits per heavy atom. The summed E-state index contributed by atoms with van der Waals surface area (Å²) < 4.78 is 47.8. The van der Waals surface area contributed by atoms with E-state index in [1.807, 2.05) is 17.5 Å². The lowest BCUT2D eigenvalue weighted by atomic mass is 10.2. The predicted octanol–water partition coefficient (Wildman–Crippen LogP) is 3.22. The maximum absolute atomic E-state index is 12.9. The number of anilines is 1. The van der Waals surface area contributed by atoms with Gasteiger partial charge in [-0.3, -0.25) is 9.71 Å². The second-order valence-electron chi connectivity index (χ2n) is 7.10. The molecule has 3 aromatic heterocycles. The normalized spacial score (nSPS) is 11.2. The van der Waals surface area contributed by atoms with E-state index in [4.69, 9.17) is 14.2 Å². The number of methoxy groups -OCH3 is 1. The van der Waals surface area contributed by atoms with Crippen LogP contribution in [-0.4, -0.2) is 48.8 Å². The quantitative estimate of drug-likeness (QED) is 0.252. The summed E-state index contributed by atoms with van der Waals surface area (Å²) in [6, 6.07) is 13.8. The summed E-state index contributed by atoms with van der Waals surface area (Å²) in [6.45, 7) is -0.324. The van der Waals surface area contributed by atoms with Gasteiger partial charge >= 0.3 is 10.2 Å². The van der Waals surface area contributed by atoms with Crippen LogP contribution in [0.15, 0.2) is 66.3 Å². The summed E-state index contributed by atoms with van der Waals surface area (Å²) in [4.78, 5) is 13.7. The fourth-order valence-corrected chi connectivity index (χ4v) is 4.56. The van der Waals surface area contributed by atoms with E-state index in [-0.39, 0.29) is 48.8 Å². The third kappa shape index (κ3) is 6.46. The Labute approximate surface area is 211 Å². The minimum atomic E-state index is -4.09. The van der Waals surface area contributed by atoms with Gasteiger partial charge in [0.05, 0.1) is 13.7 Å². The number of aliphatic hydroxyl groups is 1. The summed E-state index contributed by atoms with van der Waals surface area (Å²) in [7, 11) is -2.61. The first kappa shape index (κ1) is 25.3. The standard InChI is InChI=1S/C23H23N5O6S2/c1-32-18-6-2-3-7-19(18)34-20-22(28-36(30,31)25-15-17-5-4-14-35-17)26-21(16-8-10-24-11-9-16)27-23(20)33-13-12-29/h2-11,14,25,29H,12-13,15H2,1H3,(H,26,27,28). The molecule has 0 atom stereocenters. The lowest BCUT2D eigenvalue weighted by Crippen LogP contribution is -2.30. The van der Waals surface area contributed by atoms with E-state index in [9.17, 15) is 13.5 Å². The van der Waals surface area contributed by atoms with Gasteiger partial charge in [-0.15, -0.1) is 11.3 Å². The molecule has 188 valence electrons. The van der Waals surface area contributed by atoms with E-state index in [0.717, 1.165) is 4.88 Å². The van der Waals surface area contributed by atoms with Crippen molar-refractivity contribution in [2.24, 2.45) is 0 Å². The lowest BCUT2D eigenvalue weighted by Gasteiger charge is -2.18. The highest BCUT2D eigenvalue weighted by atomic mass is 32.2. The molecular formula is C23H23N5O6S2. The number of nitrogens with zero attached hydrogens (tertiary/aromatic N) is 3. The Morgan fingerprint density at radius 2 is 1.81 bits per heavy atom. The molecule has 0 aliphatic rings. The summed E-state index contributed by atoms with van der Waals surface area (Å²) in [5.41, 5.74) is 0.565. The van der Waals surface area contributed by atoms with Crippen LogP contribution in [-0.2, 0) is 16.8 Å². The smallest absolute Gasteiger partial charge is 0.300 e. The summed E-state index contributed by atoms with van der Waals surface area (Å²) >= 11 is 1.42. The topological polar surface area (TPSA) is 145 Å². The van der Waals surface area contributed by atoms with Crippen molar-refractivity contribution in [3.05, 3.63) is 71.2 Å². The SMILES string of the molecule is COc1ccccc1Oc1c(NS(=O)(=O)NCc2cccs2)nc(-c2ccncc2)nc1OCCO. The molecule has 13 heteroatoms. The Hall–Kier alpha value is -3.78. The second kappa shape index (κ2) is 11.8. The number of aliphatic hydroxyl groups excluding tert-OH is 1. The summed E-state index contributed by atoms with van der Waals surface area (Å²) in [5.74, 6) is 0.484. The third-order valence-electron chi connectivity index (χ3n) is 4.63. The Bertz CT molecular complexity index is 1390. The number of nitrogens with one attached hydrogen (secondary N) is 2. The highest BCUT2D eigenvalue weighted by Crippen LogP contribution is 2.41. The molecule has 3 heterocycles. The monoisotopic (exact) mass is 529 g/mol. The Morgan fingerprint density at radius 1 is 1.03 bits per heavy atom. The molecule has 0 aliphatic carbocycles. The van der Waals surface area contributed by atoms with Gasteiger partial charge < -0.3 is 19.3 Å². The van der Waals surface area contributed by atoms with Crippen LogP contribution in [0.4, 0.5) is 5.82 Å². The highest BCUT2D eigenvalue weighted by molar-refractivity contribution is 7.90. The molecule has 11 nitrogen and oxygen atoms in total. The van der Waals surface area contributed by atoms with Crippen molar-refractivity contribution in [2.75, 3.05) is 25.0 Å². The average Bonchev–Trinajstić information content (AvgIpc) is 3.42. The van der Waals surface area contributed by atoms with E-state index in [1.165, 1.54) is 18.4 Å². The van der Waals surface area contributed by atoms with Gasteiger partial charge in [-0.2, -0.15) is 18.1 Å². The van der Waals surface area contributed by atoms with Gasteiger partial charge in [0.2, 0.25) is 5.75 Å². The molecule has 4 rings (SSSR count). The zero-order valence-corrected chi connectivity index (χ0v) is 20.8. The minimum absolute atomic E-state index is 0.0762. The fraction of sp³-hybridized carbons (Fsp3) is 0.174. The van der Waals surface area contributed by atoms with E-state index < -0.39 is 10.2 Å². The molecule has 4 aromatic rings. The third-order valence-corrected chi connectivity index (χ3v) is 6.49. The van der Waals surface area contributed by atoms with Crippen LogP contribution in [0.25, 0.3) is 11.4 Å². The van der Waals surface area contributed by atoms with Crippen LogP contribution < -0.4 is 23.7 Å². The second-order valence-corrected chi connectivity index (χ2v) is 9.63. The van der Waals surface area contributed by atoms with Crippen LogP contribution in [0.1, 0.15) is 4.88 Å². The van der Waals surface area contributed by atoms with Crippen LogP contribution in [0, 0.1) is 0 Å². The molecule has 0 radical (unpaired) electrons. The Kier molecular flexibility index (Phi) is 8.28. The first-order valence-electron chi connectivity index (χ1n) is 10.7. The van der Waals surface area contributed by atoms with Crippen molar-refractivity contribution in [2.45, 2.75) is 6.54 Å². The maximum atomic E-state index is 12.9. The Balaban J connectivity index is 1.78. The molecule has 36 heavy (non-hydrogen) atoms. The van der Waals surface area contributed by atoms with Gasteiger partial charge in [0, 0.05) is 29.4 Å².